The zero-order valence-corrected chi connectivity index (χ0v) is 19.3. The number of carbonyl (C=O) groups is 2. The Kier molecular flexibility index (Phi) is 8.87. The Morgan fingerprint density at radius 2 is 2.03 bits per heavy atom. The van der Waals surface area contributed by atoms with E-state index >= 15 is 0 Å². The van der Waals surface area contributed by atoms with Gasteiger partial charge in [-0.05, 0) is 18.4 Å². The molecule has 2 atom stereocenters. The van der Waals surface area contributed by atoms with E-state index in [0.717, 1.165) is 43.7 Å². The van der Waals surface area contributed by atoms with Crippen LogP contribution in [-0.2, 0) is 25.6 Å². The molecule has 2 aromatic rings. The summed E-state index contributed by atoms with van der Waals surface area (Å²) in [5, 5.41) is 17.4. The van der Waals surface area contributed by atoms with Gasteiger partial charge in [-0.25, -0.2) is 4.79 Å². The van der Waals surface area contributed by atoms with Gasteiger partial charge in [-0.2, -0.15) is 18.3 Å². The zero-order chi connectivity index (χ0) is 25.5. The number of carboxylic acid groups (broad SMARTS) is 1. The standard InChI is InChI=1S/C21H28N4O3.C2HF3O2/c1-16(26)22-12-19-7-8-21(28-19)14-25(9-10-27-15-21)13-18-11-23-24-20(18)17-5-3-2-4-6-17;3-2(4,5)1(6)7/h2-6,11,19H,7-10,12-15H2,1H3,(H,22,26)(H,23,24);(H,6,7)/t19-,21-;/m1./s1. The van der Waals surface area contributed by atoms with Crippen LogP contribution in [0, 0.1) is 0 Å². The van der Waals surface area contributed by atoms with Crippen molar-refractivity contribution >= 4 is 11.9 Å². The van der Waals surface area contributed by atoms with Gasteiger partial charge >= 0.3 is 12.1 Å². The first-order chi connectivity index (χ1) is 16.6. The Balaban J connectivity index is 0.000000429. The number of aromatic nitrogens is 2. The molecule has 2 aliphatic rings. The highest BCUT2D eigenvalue weighted by Gasteiger charge is 2.43. The number of halogens is 3. The van der Waals surface area contributed by atoms with Gasteiger partial charge in [0.25, 0.3) is 0 Å². The molecular weight excluding hydrogens is 469 g/mol. The second-order valence-corrected chi connectivity index (χ2v) is 8.60. The van der Waals surface area contributed by atoms with Gasteiger partial charge in [0.05, 0.1) is 31.2 Å². The molecule has 1 aromatic carbocycles. The lowest BCUT2D eigenvalue weighted by molar-refractivity contribution is -0.192. The second kappa shape index (κ2) is 11.6. The first kappa shape index (κ1) is 26.6. The summed E-state index contributed by atoms with van der Waals surface area (Å²) in [6.45, 7) is 5.89. The first-order valence-corrected chi connectivity index (χ1v) is 11.2. The van der Waals surface area contributed by atoms with Gasteiger partial charge in [0.1, 0.15) is 5.60 Å². The number of amides is 1. The molecule has 0 radical (unpaired) electrons. The molecule has 1 spiro atoms. The molecule has 4 rings (SSSR count). The third-order valence-electron chi connectivity index (χ3n) is 5.76. The molecule has 0 saturated carbocycles. The highest BCUT2D eigenvalue weighted by atomic mass is 19.4. The summed E-state index contributed by atoms with van der Waals surface area (Å²) in [7, 11) is 0. The summed E-state index contributed by atoms with van der Waals surface area (Å²) >= 11 is 0. The normalized spacial score (nSPS) is 22.8. The summed E-state index contributed by atoms with van der Waals surface area (Å²) in [5.41, 5.74) is 3.09. The number of hydrogen-bond donors (Lipinski definition) is 3. The molecule has 1 amide bonds. The van der Waals surface area contributed by atoms with Gasteiger partial charge in [-0.1, -0.05) is 30.3 Å². The number of carbonyl (C=O) groups excluding carboxylic acids is 1. The number of ether oxygens (including phenoxy) is 2. The molecule has 3 heterocycles. The van der Waals surface area contributed by atoms with E-state index in [4.69, 9.17) is 19.4 Å². The van der Waals surface area contributed by atoms with Gasteiger partial charge in [-0.3, -0.25) is 14.8 Å². The summed E-state index contributed by atoms with van der Waals surface area (Å²) in [4.78, 5) is 22.5. The Labute approximate surface area is 200 Å². The molecule has 3 N–H and O–H groups in total. The smallest absolute Gasteiger partial charge is 0.475 e. The molecule has 2 aliphatic heterocycles. The van der Waals surface area contributed by atoms with Gasteiger partial charge < -0.3 is 19.9 Å². The summed E-state index contributed by atoms with van der Waals surface area (Å²) in [6, 6.07) is 10.3. The van der Waals surface area contributed by atoms with Crippen molar-refractivity contribution in [2.75, 3.05) is 32.8 Å². The fourth-order valence-electron chi connectivity index (χ4n) is 4.16. The maximum absolute atomic E-state index is 11.2. The third kappa shape index (κ3) is 7.77. The summed E-state index contributed by atoms with van der Waals surface area (Å²) < 4.78 is 44.0. The van der Waals surface area contributed by atoms with Crippen LogP contribution >= 0.6 is 0 Å². The van der Waals surface area contributed by atoms with Crippen LogP contribution in [0.2, 0.25) is 0 Å². The van der Waals surface area contributed by atoms with E-state index in [1.54, 1.807) is 0 Å². The quantitative estimate of drug-likeness (QED) is 0.580. The highest BCUT2D eigenvalue weighted by molar-refractivity contribution is 5.73. The number of alkyl halides is 3. The van der Waals surface area contributed by atoms with E-state index in [0.29, 0.717) is 19.8 Å². The molecule has 0 aliphatic carbocycles. The molecule has 0 bridgehead atoms. The first-order valence-electron chi connectivity index (χ1n) is 11.2. The Hall–Kier alpha value is -2.96. The number of aromatic amines is 1. The number of H-pyrrole nitrogens is 1. The number of benzene rings is 1. The van der Waals surface area contributed by atoms with E-state index in [2.05, 4.69) is 32.5 Å². The second-order valence-electron chi connectivity index (χ2n) is 8.60. The van der Waals surface area contributed by atoms with Crippen molar-refractivity contribution in [2.24, 2.45) is 0 Å². The summed E-state index contributed by atoms with van der Waals surface area (Å²) in [6.07, 6.45) is -1.22. The predicted molar refractivity (Wildman–Crippen MR) is 119 cm³/mol. The average molecular weight is 499 g/mol. The SMILES string of the molecule is CC(=O)NC[C@H]1CC[C@@]2(COCCN(Cc3cn[nH]c3-c3ccccc3)C2)O1.O=C(O)C(F)(F)F. The number of aliphatic carboxylic acids is 1. The maximum Gasteiger partial charge on any atom is 0.490 e. The van der Waals surface area contributed by atoms with Crippen molar-refractivity contribution in [2.45, 2.75) is 44.2 Å². The van der Waals surface area contributed by atoms with Crippen LogP contribution in [-0.4, -0.2) is 82.8 Å². The van der Waals surface area contributed by atoms with E-state index in [1.165, 1.54) is 12.5 Å². The average Bonchev–Trinajstić information content (AvgIpc) is 3.37. The van der Waals surface area contributed by atoms with Gasteiger partial charge in [0.15, 0.2) is 0 Å². The largest absolute Gasteiger partial charge is 0.490 e. The molecule has 1 aromatic heterocycles. The van der Waals surface area contributed by atoms with Crippen LogP contribution in [0.5, 0.6) is 0 Å². The van der Waals surface area contributed by atoms with Crippen molar-refractivity contribution < 1.29 is 37.3 Å². The lowest BCUT2D eigenvalue weighted by Gasteiger charge is -2.32. The van der Waals surface area contributed by atoms with Crippen LogP contribution < -0.4 is 5.32 Å². The predicted octanol–water partition coefficient (Wildman–Crippen LogP) is 2.60. The molecule has 2 fully saturated rings. The van der Waals surface area contributed by atoms with Crippen LogP contribution in [0.3, 0.4) is 0 Å². The maximum atomic E-state index is 11.2. The van der Waals surface area contributed by atoms with Gasteiger partial charge in [0.2, 0.25) is 5.91 Å². The number of hydrogen-bond acceptors (Lipinski definition) is 6. The lowest BCUT2D eigenvalue weighted by Crippen LogP contribution is -2.45. The Morgan fingerprint density at radius 3 is 2.69 bits per heavy atom. The minimum absolute atomic E-state index is 0.0170. The van der Waals surface area contributed by atoms with E-state index in [9.17, 15) is 18.0 Å². The Morgan fingerprint density at radius 1 is 1.31 bits per heavy atom. The minimum atomic E-state index is -5.08. The highest BCUT2D eigenvalue weighted by Crippen LogP contribution is 2.33. The molecule has 2 saturated heterocycles. The number of carboxylic acids is 1. The molecule has 12 heteroatoms. The van der Waals surface area contributed by atoms with Crippen LogP contribution in [0.25, 0.3) is 11.3 Å². The Bertz CT molecular complexity index is 985. The van der Waals surface area contributed by atoms with Crippen LogP contribution in [0.15, 0.2) is 36.5 Å². The number of nitrogens with one attached hydrogen (secondary N) is 2. The van der Waals surface area contributed by atoms with Gasteiger partial charge in [0, 0.05) is 38.7 Å². The number of nitrogens with zero attached hydrogens (tertiary/aromatic N) is 2. The number of rotatable bonds is 5. The lowest BCUT2D eigenvalue weighted by atomic mass is 9.99. The molecule has 0 unspecified atom stereocenters. The fraction of sp³-hybridized carbons (Fsp3) is 0.522. The van der Waals surface area contributed by atoms with E-state index < -0.39 is 12.1 Å². The molecule has 9 nitrogen and oxygen atoms in total. The molecular formula is C23H29F3N4O5. The van der Waals surface area contributed by atoms with E-state index in [-0.39, 0.29) is 17.6 Å². The van der Waals surface area contributed by atoms with Crippen molar-refractivity contribution in [1.82, 2.24) is 20.4 Å². The van der Waals surface area contributed by atoms with E-state index in [1.807, 2.05) is 24.4 Å². The van der Waals surface area contributed by atoms with Crippen molar-refractivity contribution in [3.05, 3.63) is 42.1 Å². The van der Waals surface area contributed by atoms with Crippen molar-refractivity contribution in [3.8, 4) is 11.3 Å². The topological polar surface area (TPSA) is 117 Å². The fourth-order valence-corrected chi connectivity index (χ4v) is 4.16. The summed E-state index contributed by atoms with van der Waals surface area (Å²) in [5.74, 6) is -2.77. The van der Waals surface area contributed by atoms with Crippen molar-refractivity contribution in [1.29, 1.82) is 0 Å². The van der Waals surface area contributed by atoms with Crippen molar-refractivity contribution in [3.63, 3.8) is 0 Å². The van der Waals surface area contributed by atoms with Crippen LogP contribution in [0.1, 0.15) is 25.3 Å². The molecule has 35 heavy (non-hydrogen) atoms. The molecule has 192 valence electrons. The van der Waals surface area contributed by atoms with Crippen LogP contribution in [0.4, 0.5) is 13.2 Å². The minimum Gasteiger partial charge on any atom is -0.475 e. The van der Waals surface area contributed by atoms with Gasteiger partial charge in [-0.15, -0.1) is 0 Å². The monoisotopic (exact) mass is 498 g/mol. The zero-order valence-electron chi connectivity index (χ0n) is 19.3. The third-order valence-corrected chi connectivity index (χ3v) is 5.76.